The first kappa shape index (κ1) is 30.5. The lowest BCUT2D eigenvalue weighted by Crippen LogP contribution is -2.16. The summed E-state index contributed by atoms with van der Waals surface area (Å²) in [6.07, 6.45) is 5.87. The zero-order valence-electron chi connectivity index (χ0n) is 23.8. The predicted octanol–water partition coefficient (Wildman–Crippen LogP) is 7.72. The highest BCUT2D eigenvalue weighted by molar-refractivity contribution is 7.15. The molecule has 8 heteroatoms. The number of rotatable bonds is 13. The molecule has 0 saturated carbocycles. The number of carbonyl (C=O) groups excluding carboxylic acids is 2. The molecule has 3 aromatic rings. The fourth-order valence-corrected chi connectivity index (χ4v) is 5.20. The number of carbonyl (C=O) groups is 2. The molecule has 1 aromatic heterocycles. The molecular weight excluding hydrogens is 524 g/mol. The fraction of sp³-hybridized carbons (Fsp3) is 0.344. The smallest absolute Gasteiger partial charge is 0.341 e. The minimum absolute atomic E-state index is 0.119. The molecule has 40 heavy (non-hydrogen) atoms. The predicted molar refractivity (Wildman–Crippen MR) is 160 cm³/mol. The summed E-state index contributed by atoms with van der Waals surface area (Å²) in [7, 11) is 1.55. The number of anilines is 1. The molecular formula is C32H36N2O5S. The van der Waals surface area contributed by atoms with Gasteiger partial charge in [-0.2, -0.15) is 5.26 Å². The van der Waals surface area contributed by atoms with Crippen molar-refractivity contribution in [2.75, 3.05) is 25.6 Å². The number of hydrogen-bond acceptors (Lipinski definition) is 7. The molecule has 0 atom stereocenters. The summed E-state index contributed by atoms with van der Waals surface area (Å²) in [4.78, 5) is 26.2. The van der Waals surface area contributed by atoms with Crippen LogP contribution in [0.1, 0.15) is 66.6 Å². The van der Waals surface area contributed by atoms with Crippen molar-refractivity contribution in [2.24, 2.45) is 0 Å². The number of amides is 1. The van der Waals surface area contributed by atoms with Gasteiger partial charge in [-0.3, -0.25) is 4.79 Å². The van der Waals surface area contributed by atoms with E-state index in [-0.39, 0.29) is 17.7 Å². The van der Waals surface area contributed by atoms with Gasteiger partial charge in [0.25, 0.3) is 5.91 Å². The van der Waals surface area contributed by atoms with Crippen LogP contribution in [0.2, 0.25) is 0 Å². The number of aryl methyl sites for hydroxylation is 2. The van der Waals surface area contributed by atoms with Gasteiger partial charge in [-0.15, -0.1) is 11.3 Å². The molecule has 0 aliphatic carbocycles. The van der Waals surface area contributed by atoms with Crippen LogP contribution in [0.25, 0.3) is 17.2 Å². The van der Waals surface area contributed by atoms with Crippen LogP contribution < -0.4 is 14.8 Å². The molecule has 0 bridgehead atoms. The largest absolute Gasteiger partial charge is 0.493 e. The van der Waals surface area contributed by atoms with Crippen LogP contribution in [0.5, 0.6) is 11.5 Å². The lowest BCUT2D eigenvalue weighted by atomic mass is 9.97. The number of thiophene rings is 1. The summed E-state index contributed by atoms with van der Waals surface area (Å²) in [6, 6.07) is 13.2. The average molecular weight is 561 g/mol. The number of hydrogen-bond donors (Lipinski definition) is 1. The van der Waals surface area contributed by atoms with Crippen molar-refractivity contribution in [1.82, 2.24) is 0 Å². The number of ether oxygens (including phenoxy) is 3. The second-order valence-electron chi connectivity index (χ2n) is 9.34. The van der Waals surface area contributed by atoms with Gasteiger partial charge in [-0.25, -0.2) is 4.79 Å². The topological polar surface area (TPSA) is 97.7 Å². The van der Waals surface area contributed by atoms with Gasteiger partial charge in [0.1, 0.15) is 22.2 Å². The van der Waals surface area contributed by atoms with E-state index in [1.165, 1.54) is 23.8 Å². The first-order chi connectivity index (χ1) is 19.3. The molecule has 0 unspecified atom stereocenters. The third kappa shape index (κ3) is 7.73. The van der Waals surface area contributed by atoms with Gasteiger partial charge in [0.2, 0.25) is 0 Å². The summed E-state index contributed by atoms with van der Waals surface area (Å²) in [5.41, 5.74) is 4.42. The standard InChI is InChI=1S/C32H36N2O5S/c1-6-8-9-10-15-39-27-14-12-23(18-28(27)37-5)17-24(19-33)30(35)34-31-29(32(36)38-7-2)26(20-40-31)25-13-11-21(3)16-22(25)4/h11-14,16-18,20H,6-10,15H2,1-5H3,(H,34,35)/b24-17+. The minimum atomic E-state index is -0.628. The van der Waals surface area contributed by atoms with Gasteiger partial charge < -0.3 is 19.5 Å². The second kappa shape index (κ2) is 14.9. The van der Waals surface area contributed by atoms with Crippen LogP contribution in [-0.2, 0) is 9.53 Å². The Bertz CT molecular complexity index is 1420. The number of nitrogens with one attached hydrogen (secondary N) is 1. The summed E-state index contributed by atoms with van der Waals surface area (Å²) in [5, 5.41) is 14.7. The van der Waals surface area contributed by atoms with Crippen LogP contribution >= 0.6 is 11.3 Å². The molecule has 0 aliphatic rings. The van der Waals surface area contributed by atoms with E-state index in [2.05, 4.69) is 12.2 Å². The monoisotopic (exact) mass is 560 g/mol. The number of methoxy groups -OCH3 is 1. The molecule has 1 amide bonds. The molecule has 0 spiro atoms. The van der Waals surface area contributed by atoms with Crippen LogP contribution in [0.3, 0.4) is 0 Å². The van der Waals surface area contributed by atoms with Gasteiger partial charge in [-0.1, -0.05) is 56.0 Å². The number of benzene rings is 2. The molecule has 0 aliphatic heterocycles. The first-order valence-electron chi connectivity index (χ1n) is 13.4. The fourth-order valence-electron chi connectivity index (χ4n) is 4.26. The minimum Gasteiger partial charge on any atom is -0.493 e. The molecule has 0 saturated heterocycles. The highest BCUT2D eigenvalue weighted by Crippen LogP contribution is 2.38. The summed E-state index contributed by atoms with van der Waals surface area (Å²) >= 11 is 1.22. The van der Waals surface area contributed by atoms with Crippen molar-refractivity contribution >= 4 is 34.3 Å². The van der Waals surface area contributed by atoms with Gasteiger partial charge in [0.15, 0.2) is 11.5 Å². The van der Waals surface area contributed by atoms with Crippen molar-refractivity contribution in [3.63, 3.8) is 0 Å². The van der Waals surface area contributed by atoms with Crippen LogP contribution in [0, 0.1) is 25.2 Å². The van der Waals surface area contributed by atoms with Crippen molar-refractivity contribution in [1.29, 1.82) is 5.26 Å². The van der Waals surface area contributed by atoms with E-state index in [1.54, 1.807) is 32.2 Å². The Hall–Kier alpha value is -4.09. The number of unbranched alkanes of at least 4 members (excludes halogenated alkanes) is 3. The Kier molecular flexibility index (Phi) is 11.3. The molecule has 1 N–H and O–H groups in total. The molecule has 0 fully saturated rings. The van der Waals surface area contributed by atoms with Crippen molar-refractivity contribution in [3.05, 3.63) is 69.6 Å². The highest BCUT2D eigenvalue weighted by atomic mass is 32.1. The summed E-state index contributed by atoms with van der Waals surface area (Å²) in [6.45, 7) is 8.65. The van der Waals surface area contributed by atoms with Crippen LogP contribution in [0.4, 0.5) is 5.00 Å². The first-order valence-corrected chi connectivity index (χ1v) is 14.3. The third-order valence-corrected chi connectivity index (χ3v) is 7.18. The van der Waals surface area contributed by atoms with Gasteiger partial charge in [-0.05, 0) is 62.1 Å². The van der Waals surface area contributed by atoms with E-state index in [4.69, 9.17) is 14.2 Å². The van der Waals surface area contributed by atoms with E-state index in [0.717, 1.165) is 36.0 Å². The zero-order valence-corrected chi connectivity index (χ0v) is 24.6. The summed E-state index contributed by atoms with van der Waals surface area (Å²) in [5.74, 6) is -0.0394. The second-order valence-corrected chi connectivity index (χ2v) is 10.2. The van der Waals surface area contributed by atoms with Gasteiger partial charge >= 0.3 is 5.97 Å². The van der Waals surface area contributed by atoms with Gasteiger partial charge in [0.05, 0.1) is 20.3 Å². The Morgan fingerprint density at radius 1 is 1.02 bits per heavy atom. The number of nitrogens with zero attached hydrogens (tertiary/aromatic N) is 1. The quantitative estimate of drug-likeness (QED) is 0.0995. The van der Waals surface area contributed by atoms with E-state index in [0.29, 0.717) is 34.2 Å². The molecule has 1 heterocycles. The third-order valence-electron chi connectivity index (χ3n) is 6.29. The maximum atomic E-state index is 13.2. The molecule has 2 aromatic carbocycles. The van der Waals surface area contributed by atoms with Gasteiger partial charge in [0, 0.05) is 10.9 Å². The highest BCUT2D eigenvalue weighted by Gasteiger charge is 2.24. The van der Waals surface area contributed by atoms with Crippen molar-refractivity contribution < 1.29 is 23.8 Å². The Balaban J connectivity index is 1.86. The number of nitriles is 1. The number of esters is 1. The van der Waals surface area contributed by atoms with E-state index in [9.17, 15) is 14.9 Å². The van der Waals surface area contributed by atoms with Crippen molar-refractivity contribution in [2.45, 2.75) is 53.4 Å². The molecule has 7 nitrogen and oxygen atoms in total. The lowest BCUT2D eigenvalue weighted by molar-refractivity contribution is -0.112. The Labute approximate surface area is 240 Å². The lowest BCUT2D eigenvalue weighted by Gasteiger charge is -2.12. The SMILES string of the molecule is CCCCCCOc1ccc(/C=C(\C#N)C(=O)Nc2scc(-c3ccc(C)cc3C)c2C(=O)OCC)cc1OC. The average Bonchev–Trinajstić information content (AvgIpc) is 3.35. The van der Waals surface area contributed by atoms with Crippen LogP contribution in [0.15, 0.2) is 47.4 Å². The van der Waals surface area contributed by atoms with Crippen LogP contribution in [-0.4, -0.2) is 32.2 Å². The zero-order chi connectivity index (χ0) is 29.1. The van der Waals surface area contributed by atoms with E-state index < -0.39 is 11.9 Å². The Morgan fingerprint density at radius 3 is 2.50 bits per heavy atom. The van der Waals surface area contributed by atoms with Crippen molar-refractivity contribution in [3.8, 4) is 28.7 Å². The maximum Gasteiger partial charge on any atom is 0.341 e. The summed E-state index contributed by atoms with van der Waals surface area (Å²) < 4.78 is 16.7. The van der Waals surface area contributed by atoms with E-state index in [1.807, 2.05) is 43.5 Å². The molecule has 3 rings (SSSR count). The Morgan fingerprint density at radius 2 is 1.82 bits per heavy atom. The normalized spacial score (nSPS) is 11.1. The molecule has 0 radical (unpaired) electrons. The maximum absolute atomic E-state index is 13.2. The van der Waals surface area contributed by atoms with E-state index >= 15 is 0 Å². The molecule has 210 valence electrons.